The van der Waals surface area contributed by atoms with Crippen LogP contribution in [0.5, 0.6) is 5.88 Å². The van der Waals surface area contributed by atoms with Crippen molar-refractivity contribution in [2.45, 2.75) is 0 Å². The van der Waals surface area contributed by atoms with E-state index in [0.717, 1.165) is 0 Å². The Hall–Kier alpha value is -2.47. The Labute approximate surface area is 204 Å². The number of aliphatic hydroxyl groups is 1. The van der Waals surface area contributed by atoms with Gasteiger partial charge in [-0.3, -0.25) is 0 Å². The monoisotopic (exact) mass is 514 g/mol. The molecule has 0 aliphatic heterocycles. The van der Waals surface area contributed by atoms with E-state index in [1.807, 2.05) is 0 Å². The van der Waals surface area contributed by atoms with Crippen LogP contribution in [0.1, 0.15) is 0 Å². The van der Waals surface area contributed by atoms with Gasteiger partial charge in [-0.15, -0.1) is 0 Å². The normalized spacial score (nSPS) is 10.2. The van der Waals surface area contributed by atoms with E-state index in [1.165, 1.54) is 12.4 Å². The van der Waals surface area contributed by atoms with Crippen LogP contribution in [0.15, 0.2) is 36.9 Å². The van der Waals surface area contributed by atoms with E-state index >= 15 is 0 Å². The van der Waals surface area contributed by atoms with Gasteiger partial charge in [0, 0.05) is 26.6 Å². The van der Waals surface area contributed by atoms with E-state index in [0.29, 0.717) is 63.2 Å². The van der Waals surface area contributed by atoms with Crippen LogP contribution in [0.4, 0.5) is 0 Å². The molecule has 4 heterocycles. The number of aliphatic hydroxyl groups excluding tert-OH is 1. The molecule has 0 radical (unpaired) electrons. The molecule has 0 aromatic carbocycles. The van der Waals surface area contributed by atoms with Crippen molar-refractivity contribution in [3.63, 3.8) is 0 Å². The molecule has 33 heavy (non-hydrogen) atoms. The number of hydrogen-bond acceptors (Lipinski definition) is 10. The van der Waals surface area contributed by atoms with Gasteiger partial charge in [0.15, 0.2) is 10.3 Å². The molecule has 176 valence electrons. The predicted octanol–water partition coefficient (Wildman–Crippen LogP) is 3.66. The van der Waals surface area contributed by atoms with Gasteiger partial charge < -0.3 is 19.3 Å². The summed E-state index contributed by atoms with van der Waals surface area (Å²) in [6.07, 6.45) is 6.11. The zero-order valence-corrected chi connectivity index (χ0v) is 20.0. The molecular formula is C20H21Cl3N6O4. The summed E-state index contributed by atoms with van der Waals surface area (Å²) in [6, 6.07) is 3.44. The molecule has 0 saturated heterocycles. The highest BCUT2D eigenvalue weighted by Crippen LogP contribution is 2.19. The van der Waals surface area contributed by atoms with Crippen molar-refractivity contribution in [2.24, 2.45) is 0 Å². The minimum Gasteiger partial charge on any atom is -0.474 e. The van der Waals surface area contributed by atoms with Crippen molar-refractivity contribution in [2.75, 3.05) is 40.6 Å². The lowest BCUT2D eigenvalue weighted by molar-refractivity contribution is 0.135. The highest BCUT2D eigenvalue weighted by Gasteiger charge is 2.04. The van der Waals surface area contributed by atoms with Crippen molar-refractivity contribution in [1.82, 2.24) is 29.9 Å². The van der Waals surface area contributed by atoms with Gasteiger partial charge in [0.1, 0.15) is 22.8 Å². The number of pyridine rings is 2. The average molecular weight is 516 g/mol. The summed E-state index contributed by atoms with van der Waals surface area (Å²) >= 11 is 17.2. The van der Waals surface area contributed by atoms with E-state index in [9.17, 15) is 0 Å². The summed E-state index contributed by atoms with van der Waals surface area (Å²) in [5.41, 5.74) is 2.46. The van der Waals surface area contributed by atoms with Gasteiger partial charge in [-0.1, -0.05) is 34.8 Å². The number of hydrogen-bond donors (Lipinski definition) is 1. The highest BCUT2D eigenvalue weighted by atomic mass is 35.5. The summed E-state index contributed by atoms with van der Waals surface area (Å²) in [7, 11) is 3.16. The van der Waals surface area contributed by atoms with Gasteiger partial charge in [-0.25, -0.2) is 29.9 Å². The van der Waals surface area contributed by atoms with Crippen LogP contribution in [0.2, 0.25) is 15.5 Å². The lowest BCUT2D eigenvalue weighted by Gasteiger charge is -2.04. The van der Waals surface area contributed by atoms with Crippen LogP contribution >= 0.6 is 34.8 Å². The van der Waals surface area contributed by atoms with E-state index in [-0.39, 0.29) is 6.61 Å². The Morgan fingerprint density at radius 1 is 0.758 bits per heavy atom. The predicted molar refractivity (Wildman–Crippen MR) is 126 cm³/mol. The Balaban J connectivity index is 0.000000200. The molecule has 0 spiro atoms. The van der Waals surface area contributed by atoms with Gasteiger partial charge in [0.25, 0.3) is 0 Å². The van der Waals surface area contributed by atoms with Crippen molar-refractivity contribution >= 4 is 56.9 Å². The molecule has 10 nitrogen and oxygen atoms in total. The number of fused-ring (bicyclic) bond motifs is 2. The van der Waals surface area contributed by atoms with Crippen LogP contribution in [0.25, 0.3) is 22.1 Å². The van der Waals surface area contributed by atoms with Gasteiger partial charge >= 0.3 is 0 Å². The van der Waals surface area contributed by atoms with Gasteiger partial charge in [0.05, 0.1) is 43.2 Å². The lowest BCUT2D eigenvalue weighted by Crippen LogP contribution is -2.05. The molecule has 0 fully saturated rings. The first-order valence-electron chi connectivity index (χ1n) is 9.41. The van der Waals surface area contributed by atoms with E-state index in [1.54, 1.807) is 38.7 Å². The molecule has 0 saturated carbocycles. The number of aromatic nitrogens is 6. The fourth-order valence-electron chi connectivity index (χ4n) is 2.18. The first-order chi connectivity index (χ1) is 16.0. The second-order valence-corrected chi connectivity index (χ2v) is 7.00. The van der Waals surface area contributed by atoms with Crippen LogP contribution in [-0.4, -0.2) is 75.7 Å². The van der Waals surface area contributed by atoms with E-state index in [4.69, 9.17) is 49.4 Å². The summed E-state index contributed by atoms with van der Waals surface area (Å²) in [5.74, 6) is 0.451. The van der Waals surface area contributed by atoms with E-state index < -0.39 is 0 Å². The summed E-state index contributed by atoms with van der Waals surface area (Å²) in [6.45, 7) is 1.52. The van der Waals surface area contributed by atoms with Gasteiger partial charge in [0.2, 0.25) is 5.88 Å². The maximum Gasteiger partial charge on any atom is 0.232 e. The van der Waals surface area contributed by atoms with Crippen LogP contribution < -0.4 is 4.74 Å². The smallest absolute Gasteiger partial charge is 0.232 e. The SMILES string of the molecule is COCCO.COCCOc1cnc2c(Cl)nccc2n1.Clc1cnc2c(Cl)nccc2n1. The fraction of sp³-hybridized carbons (Fsp3) is 0.300. The average Bonchev–Trinajstić information content (AvgIpc) is 2.81. The lowest BCUT2D eigenvalue weighted by atomic mass is 10.4. The molecule has 13 heteroatoms. The second kappa shape index (κ2) is 14.6. The molecule has 0 amide bonds. The summed E-state index contributed by atoms with van der Waals surface area (Å²) in [5, 5.41) is 8.98. The highest BCUT2D eigenvalue weighted by molar-refractivity contribution is 6.34. The summed E-state index contributed by atoms with van der Waals surface area (Å²) in [4.78, 5) is 24.2. The van der Waals surface area contributed by atoms with Gasteiger partial charge in [-0.05, 0) is 12.1 Å². The maximum absolute atomic E-state index is 7.94. The summed E-state index contributed by atoms with van der Waals surface area (Å²) < 4.78 is 14.6. The third-order valence-electron chi connectivity index (χ3n) is 3.61. The number of halogens is 3. The molecule has 0 aliphatic carbocycles. The number of nitrogens with zero attached hydrogens (tertiary/aromatic N) is 6. The van der Waals surface area contributed by atoms with Crippen LogP contribution in [0.3, 0.4) is 0 Å². The quantitative estimate of drug-likeness (QED) is 0.300. The fourth-order valence-corrected chi connectivity index (χ4v) is 2.72. The molecule has 4 rings (SSSR count). The molecule has 1 N–H and O–H groups in total. The third kappa shape index (κ3) is 8.77. The standard InChI is InChI=1S/C10H10ClN3O2.C7H3Cl2N3.C3H8O2/c1-15-4-5-16-8-6-13-9-7(14-8)2-3-12-10(9)11;8-5-3-11-6-4(12-5)1-2-10-7(6)9;1-5-3-2-4/h2-3,6H,4-5H2,1H3;1-3H;4H,2-3H2,1H3. The molecule has 4 aromatic heterocycles. The minimum atomic E-state index is 0.122. The molecular weight excluding hydrogens is 495 g/mol. The number of methoxy groups -OCH3 is 2. The Kier molecular flexibility index (Phi) is 11.9. The zero-order chi connectivity index (χ0) is 24.1. The van der Waals surface area contributed by atoms with Gasteiger partial charge in [-0.2, -0.15) is 0 Å². The zero-order valence-electron chi connectivity index (χ0n) is 17.8. The van der Waals surface area contributed by atoms with Crippen molar-refractivity contribution < 1.29 is 19.3 Å². The minimum absolute atomic E-state index is 0.122. The van der Waals surface area contributed by atoms with Crippen molar-refractivity contribution in [3.8, 4) is 5.88 Å². The van der Waals surface area contributed by atoms with Crippen LogP contribution in [0, 0.1) is 0 Å². The van der Waals surface area contributed by atoms with E-state index in [2.05, 4.69) is 34.6 Å². The molecule has 4 aromatic rings. The Bertz CT molecular complexity index is 1150. The second-order valence-electron chi connectivity index (χ2n) is 5.90. The largest absolute Gasteiger partial charge is 0.474 e. The Morgan fingerprint density at radius 2 is 1.33 bits per heavy atom. The Morgan fingerprint density at radius 3 is 1.88 bits per heavy atom. The first kappa shape index (κ1) is 26.8. The van der Waals surface area contributed by atoms with Crippen molar-refractivity contribution in [1.29, 1.82) is 0 Å². The molecule has 0 atom stereocenters. The number of rotatable bonds is 6. The third-order valence-corrected chi connectivity index (χ3v) is 4.35. The first-order valence-corrected chi connectivity index (χ1v) is 10.5. The number of ether oxygens (including phenoxy) is 3. The molecule has 0 bridgehead atoms. The van der Waals surface area contributed by atoms with Crippen molar-refractivity contribution in [3.05, 3.63) is 52.4 Å². The molecule has 0 aliphatic rings. The maximum atomic E-state index is 7.94. The topological polar surface area (TPSA) is 125 Å². The molecule has 0 unspecified atom stereocenters. The van der Waals surface area contributed by atoms with Crippen LogP contribution in [-0.2, 0) is 9.47 Å².